The number of carboxylic acid groups (broad SMARTS) is 1. The number of aliphatic carboxylic acids is 1. The minimum Gasteiger partial charge on any atom is -0.481 e. The van der Waals surface area contributed by atoms with Gasteiger partial charge in [0, 0.05) is 30.3 Å². The molecule has 3 aromatic rings. The maximum Gasteiger partial charge on any atom is 0.303 e. The molecule has 0 aliphatic heterocycles. The van der Waals surface area contributed by atoms with E-state index in [9.17, 15) is 4.79 Å². The van der Waals surface area contributed by atoms with Crippen LogP contribution in [0.3, 0.4) is 0 Å². The zero-order chi connectivity index (χ0) is 18.7. The number of halogens is 1. The molecule has 0 bridgehead atoms. The summed E-state index contributed by atoms with van der Waals surface area (Å²) < 4.78 is 11.3. The van der Waals surface area contributed by atoms with Crippen LogP contribution in [-0.4, -0.2) is 26.2 Å². The van der Waals surface area contributed by atoms with Crippen molar-refractivity contribution in [2.45, 2.75) is 39.2 Å². The van der Waals surface area contributed by atoms with Gasteiger partial charge >= 0.3 is 5.97 Å². The molecule has 1 atom stereocenters. The summed E-state index contributed by atoms with van der Waals surface area (Å²) in [7, 11) is 0. The first kappa shape index (κ1) is 18.1. The summed E-state index contributed by atoms with van der Waals surface area (Å²) in [5.41, 5.74) is 2.02. The van der Waals surface area contributed by atoms with Crippen molar-refractivity contribution in [3.05, 3.63) is 46.6 Å². The molecule has 0 saturated heterocycles. The van der Waals surface area contributed by atoms with Crippen molar-refractivity contribution < 1.29 is 19.2 Å². The highest BCUT2D eigenvalue weighted by Crippen LogP contribution is 2.35. The van der Waals surface area contributed by atoms with E-state index in [2.05, 4.69) is 15.1 Å². The van der Waals surface area contributed by atoms with Gasteiger partial charge in [-0.15, -0.1) is 0 Å². The van der Waals surface area contributed by atoms with Gasteiger partial charge in [-0.3, -0.25) is 4.79 Å². The lowest BCUT2D eigenvalue weighted by Gasteiger charge is -2.17. The number of aryl methyl sites for hydroxylation is 2. The van der Waals surface area contributed by atoms with Crippen molar-refractivity contribution >= 4 is 28.5 Å². The van der Waals surface area contributed by atoms with Crippen molar-refractivity contribution in [3.8, 4) is 5.75 Å². The summed E-state index contributed by atoms with van der Waals surface area (Å²) >= 11 is 6.36. The molecule has 8 heteroatoms. The van der Waals surface area contributed by atoms with Gasteiger partial charge in [0.05, 0.1) is 17.1 Å². The van der Waals surface area contributed by atoms with Crippen molar-refractivity contribution in [1.82, 2.24) is 15.1 Å². The Morgan fingerprint density at radius 3 is 2.73 bits per heavy atom. The molecule has 26 heavy (non-hydrogen) atoms. The molecule has 3 rings (SSSR count). The van der Waals surface area contributed by atoms with Gasteiger partial charge in [0.25, 0.3) is 0 Å². The van der Waals surface area contributed by atoms with Crippen LogP contribution >= 0.6 is 11.6 Å². The lowest BCUT2D eigenvalue weighted by molar-refractivity contribution is -0.136. The van der Waals surface area contributed by atoms with Crippen molar-refractivity contribution in [2.75, 3.05) is 0 Å². The molecule has 136 valence electrons. The number of ether oxygens (including phenoxy) is 1. The van der Waals surface area contributed by atoms with Crippen molar-refractivity contribution in [3.63, 3.8) is 0 Å². The van der Waals surface area contributed by atoms with Gasteiger partial charge in [0.15, 0.2) is 17.5 Å². The highest BCUT2D eigenvalue weighted by atomic mass is 35.5. The smallest absolute Gasteiger partial charge is 0.303 e. The van der Waals surface area contributed by atoms with Crippen molar-refractivity contribution in [2.24, 2.45) is 0 Å². The maximum absolute atomic E-state index is 10.7. The Kier molecular flexibility index (Phi) is 5.37. The molecule has 0 amide bonds. The summed E-state index contributed by atoms with van der Waals surface area (Å²) in [5.74, 6) is 0.126. The van der Waals surface area contributed by atoms with Gasteiger partial charge in [-0.25, -0.2) is 9.97 Å². The number of rotatable bonds is 7. The fourth-order valence-corrected chi connectivity index (χ4v) is 2.73. The largest absolute Gasteiger partial charge is 0.481 e. The van der Waals surface area contributed by atoms with Crippen LogP contribution in [0.25, 0.3) is 11.0 Å². The summed E-state index contributed by atoms with van der Waals surface area (Å²) in [6.07, 6.45) is 4.04. The number of hydrogen-bond acceptors (Lipinski definition) is 6. The van der Waals surface area contributed by atoms with E-state index in [4.69, 9.17) is 26.0 Å². The Bertz CT molecular complexity index is 924. The van der Waals surface area contributed by atoms with E-state index < -0.39 is 5.97 Å². The van der Waals surface area contributed by atoms with Gasteiger partial charge in [0.2, 0.25) is 0 Å². The first-order valence-corrected chi connectivity index (χ1v) is 8.60. The molecule has 1 N–H and O–H groups in total. The second-order valence-electron chi connectivity index (χ2n) is 5.94. The van der Waals surface area contributed by atoms with Crippen LogP contribution in [0.5, 0.6) is 5.75 Å². The molecule has 1 unspecified atom stereocenters. The number of nitrogens with zero attached hydrogens (tertiary/aromatic N) is 3. The first-order chi connectivity index (χ1) is 12.5. The number of carboxylic acids is 1. The third-order valence-electron chi connectivity index (χ3n) is 3.90. The molecule has 7 nitrogen and oxygen atoms in total. The Morgan fingerprint density at radius 1 is 1.35 bits per heavy atom. The average Bonchev–Trinajstić information content (AvgIpc) is 3.00. The van der Waals surface area contributed by atoms with E-state index in [0.29, 0.717) is 39.7 Å². The van der Waals surface area contributed by atoms with Crippen LogP contribution in [0, 0.1) is 6.92 Å². The van der Waals surface area contributed by atoms with E-state index in [-0.39, 0.29) is 18.9 Å². The number of benzene rings is 1. The predicted octanol–water partition coefficient (Wildman–Crippen LogP) is 4.13. The van der Waals surface area contributed by atoms with Gasteiger partial charge in [-0.2, -0.15) is 0 Å². The van der Waals surface area contributed by atoms with Gasteiger partial charge < -0.3 is 14.4 Å². The summed E-state index contributed by atoms with van der Waals surface area (Å²) in [6, 6.07) is 3.34. The number of hydrogen-bond donors (Lipinski definition) is 1. The van der Waals surface area contributed by atoms with E-state index in [1.807, 2.05) is 13.8 Å². The fraction of sp³-hybridized carbons (Fsp3) is 0.333. The predicted molar refractivity (Wildman–Crippen MR) is 95.4 cm³/mol. The normalized spacial score (nSPS) is 12.3. The van der Waals surface area contributed by atoms with Crippen LogP contribution in [0.1, 0.15) is 43.0 Å². The Morgan fingerprint density at radius 2 is 2.08 bits per heavy atom. The summed E-state index contributed by atoms with van der Waals surface area (Å²) in [5, 5.41) is 13.8. The standard InChI is InChI=1S/C18H18ClN3O4/c1-3-14(18-20-8-10(2)9-21-18)25-16-7-15-11(6-12(16)19)13(22-26-15)4-5-17(23)24/h6-9,14H,3-5H2,1-2H3,(H,23,24). The highest BCUT2D eigenvalue weighted by molar-refractivity contribution is 6.32. The molecule has 1 aromatic carbocycles. The molecular weight excluding hydrogens is 358 g/mol. The first-order valence-electron chi connectivity index (χ1n) is 8.22. The molecule has 2 aromatic heterocycles. The fourth-order valence-electron chi connectivity index (χ4n) is 2.53. The Balaban J connectivity index is 1.86. The molecule has 0 spiro atoms. The van der Waals surface area contributed by atoms with Crippen LogP contribution in [0.4, 0.5) is 0 Å². The van der Waals surface area contributed by atoms with Crippen LogP contribution in [0.2, 0.25) is 5.02 Å². The quantitative estimate of drug-likeness (QED) is 0.662. The lowest BCUT2D eigenvalue weighted by Crippen LogP contribution is -2.11. The second kappa shape index (κ2) is 7.70. The zero-order valence-corrected chi connectivity index (χ0v) is 15.2. The monoisotopic (exact) mass is 375 g/mol. The minimum absolute atomic E-state index is 0.0276. The molecule has 0 saturated carbocycles. The maximum atomic E-state index is 10.7. The van der Waals surface area contributed by atoms with E-state index in [1.54, 1.807) is 24.5 Å². The Labute approximate surface area is 155 Å². The molecular formula is C18H18ClN3O4. The Hall–Kier alpha value is -2.67. The lowest BCUT2D eigenvalue weighted by atomic mass is 10.1. The van der Waals surface area contributed by atoms with Crippen molar-refractivity contribution in [1.29, 1.82) is 0 Å². The molecule has 0 aliphatic rings. The van der Waals surface area contributed by atoms with Crippen LogP contribution in [-0.2, 0) is 11.2 Å². The van der Waals surface area contributed by atoms with E-state index in [1.165, 1.54) is 0 Å². The topological polar surface area (TPSA) is 98.3 Å². The minimum atomic E-state index is -0.893. The molecule has 2 heterocycles. The van der Waals surface area contributed by atoms with Gasteiger partial charge in [-0.1, -0.05) is 23.7 Å². The SMILES string of the molecule is CCC(Oc1cc2onc(CCC(=O)O)c2cc1Cl)c1ncc(C)cn1. The van der Waals surface area contributed by atoms with Gasteiger partial charge in [0.1, 0.15) is 5.75 Å². The molecule has 0 radical (unpaired) electrons. The number of carbonyl (C=O) groups is 1. The highest BCUT2D eigenvalue weighted by Gasteiger charge is 2.19. The summed E-state index contributed by atoms with van der Waals surface area (Å²) in [4.78, 5) is 19.4. The number of fused-ring (bicyclic) bond motifs is 1. The second-order valence-corrected chi connectivity index (χ2v) is 6.34. The van der Waals surface area contributed by atoms with Gasteiger partial charge in [-0.05, 0) is 25.0 Å². The van der Waals surface area contributed by atoms with E-state index in [0.717, 1.165) is 5.56 Å². The third kappa shape index (κ3) is 3.94. The third-order valence-corrected chi connectivity index (χ3v) is 4.20. The van der Waals surface area contributed by atoms with Crippen LogP contribution < -0.4 is 4.74 Å². The number of aromatic nitrogens is 3. The van der Waals surface area contributed by atoms with E-state index >= 15 is 0 Å². The van der Waals surface area contributed by atoms with Crippen LogP contribution in [0.15, 0.2) is 29.0 Å². The summed E-state index contributed by atoms with van der Waals surface area (Å²) in [6.45, 7) is 3.89. The molecule has 0 fully saturated rings. The molecule has 0 aliphatic carbocycles. The average molecular weight is 376 g/mol. The zero-order valence-electron chi connectivity index (χ0n) is 14.4.